The van der Waals surface area contributed by atoms with Crippen molar-refractivity contribution in [3.8, 4) is 0 Å². The van der Waals surface area contributed by atoms with E-state index in [2.05, 4.69) is 10.6 Å². The maximum absolute atomic E-state index is 12.6. The van der Waals surface area contributed by atoms with E-state index in [1.165, 1.54) is 0 Å². The van der Waals surface area contributed by atoms with Crippen molar-refractivity contribution in [1.82, 2.24) is 5.32 Å². The van der Waals surface area contributed by atoms with Gasteiger partial charge in [0.05, 0.1) is 5.92 Å². The molecule has 3 N–H and O–H groups in total. The fraction of sp³-hybridized carbons (Fsp3) is 0.250. The van der Waals surface area contributed by atoms with Crippen LogP contribution in [0.25, 0.3) is 0 Å². The third kappa shape index (κ3) is 5.44. The molecule has 2 aromatic carbocycles. The summed E-state index contributed by atoms with van der Waals surface area (Å²) >= 11 is 0. The van der Waals surface area contributed by atoms with Crippen molar-refractivity contribution in [3.05, 3.63) is 65.7 Å². The average molecular weight is 354 g/mol. The number of hydrogen-bond donors (Lipinski definition) is 3. The van der Waals surface area contributed by atoms with Gasteiger partial charge in [-0.3, -0.25) is 14.4 Å². The molecule has 1 atom stereocenters. The fourth-order valence-electron chi connectivity index (χ4n) is 2.62. The number of rotatable bonds is 8. The number of nitrogens with one attached hydrogen (secondary N) is 2. The summed E-state index contributed by atoms with van der Waals surface area (Å²) in [7, 11) is 0. The molecule has 0 saturated carbocycles. The van der Waals surface area contributed by atoms with E-state index in [0.29, 0.717) is 11.3 Å². The SMILES string of the molecule is CCCC(C(=O)Nc1ccc(C(=O)NCC(=O)O)cc1)c1ccccc1. The molecule has 2 rings (SSSR count). The number of aliphatic carboxylic acids is 1. The van der Waals surface area contributed by atoms with Crippen LogP contribution >= 0.6 is 0 Å². The normalized spacial score (nSPS) is 11.4. The van der Waals surface area contributed by atoms with E-state index in [4.69, 9.17) is 5.11 Å². The molecule has 0 aliphatic carbocycles. The van der Waals surface area contributed by atoms with Crippen LogP contribution in [0.1, 0.15) is 41.6 Å². The van der Waals surface area contributed by atoms with Gasteiger partial charge in [0, 0.05) is 11.3 Å². The van der Waals surface area contributed by atoms with Crippen molar-refractivity contribution in [3.63, 3.8) is 0 Å². The molecule has 0 heterocycles. The minimum absolute atomic E-state index is 0.0962. The number of amides is 2. The van der Waals surface area contributed by atoms with Gasteiger partial charge in [-0.05, 0) is 36.2 Å². The summed E-state index contributed by atoms with van der Waals surface area (Å²) in [6, 6.07) is 16.0. The van der Waals surface area contributed by atoms with Gasteiger partial charge < -0.3 is 15.7 Å². The fourth-order valence-corrected chi connectivity index (χ4v) is 2.62. The lowest BCUT2D eigenvalue weighted by Gasteiger charge is -2.16. The lowest BCUT2D eigenvalue weighted by atomic mass is 9.93. The predicted molar refractivity (Wildman–Crippen MR) is 99.1 cm³/mol. The van der Waals surface area contributed by atoms with E-state index in [0.717, 1.165) is 18.4 Å². The molecule has 1 unspecified atom stereocenters. The maximum Gasteiger partial charge on any atom is 0.322 e. The van der Waals surface area contributed by atoms with E-state index >= 15 is 0 Å². The minimum atomic E-state index is -1.11. The van der Waals surface area contributed by atoms with Gasteiger partial charge in [-0.15, -0.1) is 0 Å². The Morgan fingerprint density at radius 2 is 1.65 bits per heavy atom. The van der Waals surface area contributed by atoms with Crippen molar-refractivity contribution in [2.45, 2.75) is 25.7 Å². The molecule has 0 saturated heterocycles. The summed E-state index contributed by atoms with van der Waals surface area (Å²) in [6.45, 7) is 1.60. The number of benzene rings is 2. The molecule has 0 spiro atoms. The first-order valence-corrected chi connectivity index (χ1v) is 8.47. The lowest BCUT2D eigenvalue weighted by Crippen LogP contribution is -2.29. The van der Waals surface area contributed by atoms with Crippen LogP contribution in [0.5, 0.6) is 0 Å². The Morgan fingerprint density at radius 1 is 1.00 bits per heavy atom. The van der Waals surface area contributed by atoms with Gasteiger partial charge in [0.1, 0.15) is 6.54 Å². The number of carboxylic acid groups (broad SMARTS) is 1. The van der Waals surface area contributed by atoms with E-state index in [1.54, 1.807) is 24.3 Å². The molecule has 0 bridgehead atoms. The van der Waals surface area contributed by atoms with Crippen molar-refractivity contribution < 1.29 is 19.5 Å². The van der Waals surface area contributed by atoms with Gasteiger partial charge in [0.25, 0.3) is 5.91 Å². The first-order valence-electron chi connectivity index (χ1n) is 8.47. The number of hydrogen-bond acceptors (Lipinski definition) is 3. The highest BCUT2D eigenvalue weighted by atomic mass is 16.4. The van der Waals surface area contributed by atoms with Crippen LogP contribution in [0.15, 0.2) is 54.6 Å². The molecule has 2 aromatic rings. The van der Waals surface area contributed by atoms with Crippen molar-refractivity contribution in [2.24, 2.45) is 0 Å². The molecule has 0 fully saturated rings. The molecular weight excluding hydrogens is 332 g/mol. The summed E-state index contributed by atoms with van der Waals surface area (Å²) in [4.78, 5) is 34.9. The van der Waals surface area contributed by atoms with E-state index in [9.17, 15) is 14.4 Å². The molecule has 2 amide bonds. The van der Waals surface area contributed by atoms with Gasteiger partial charge in [-0.1, -0.05) is 43.7 Å². The third-order valence-corrected chi connectivity index (χ3v) is 3.91. The Balaban J connectivity index is 2.03. The van der Waals surface area contributed by atoms with Crippen molar-refractivity contribution in [2.75, 3.05) is 11.9 Å². The third-order valence-electron chi connectivity index (χ3n) is 3.91. The maximum atomic E-state index is 12.6. The highest BCUT2D eigenvalue weighted by molar-refractivity contribution is 5.98. The van der Waals surface area contributed by atoms with E-state index < -0.39 is 18.4 Å². The quantitative estimate of drug-likeness (QED) is 0.679. The molecule has 0 aliphatic heterocycles. The van der Waals surface area contributed by atoms with Crippen LogP contribution in [-0.4, -0.2) is 29.4 Å². The van der Waals surface area contributed by atoms with Crippen molar-refractivity contribution in [1.29, 1.82) is 0 Å². The highest BCUT2D eigenvalue weighted by Gasteiger charge is 2.19. The number of anilines is 1. The average Bonchev–Trinajstić information content (AvgIpc) is 2.65. The predicted octanol–water partition coefficient (Wildman–Crippen LogP) is 3.02. The Morgan fingerprint density at radius 3 is 2.23 bits per heavy atom. The highest BCUT2D eigenvalue weighted by Crippen LogP contribution is 2.23. The lowest BCUT2D eigenvalue weighted by molar-refractivity contribution is -0.135. The molecule has 26 heavy (non-hydrogen) atoms. The molecule has 6 heteroatoms. The molecule has 0 radical (unpaired) electrons. The van der Waals surface area contributed by atoms with Gasteiger partial charge in [-0.25, -0.2) is 0 Å². The first kappa shape index (κ1) is 19.2. The Kier molecular flexibility index (Phi) is 6.91. The van der Waals surface area contributed by atoms with Gasteiger partial charge >= 0.3 is 5.97 Å². The summed E-state index contributed by atoms with van der Waals surface area (Å²) in [5.74, 6) is -1.91. The van der Waals surface area contributed by atoms with Crippen molar-refractivity contribution >= 4 is 23.5 Å². The largest absolute Gasteiger partial charge is 0.480 e. The van der Waals surface area contributed by atoms with Gasteiger partial charge in [0.15, 0.2) is 0 Å². The Labute approximate surface area is 152 Å². The topological polar surface area (TPSA) is 95.5 Å². The second kappa shape index (κ2) is 9.36. The van der Waals surface area contributed by atoms with Crippen LogP contribution in [0.2, 0.25) is 0 Å². The zero-order valence-electron chi connectivity index (χ0n) is 14.6. The number of carboxylic acids is 1. The molecule has 0 aromatic heterocycles. The standard InChI is InChI=1S/C20H22N2O4/c1-2-6-17(14-7-4-3-5-8-14)20(26)22-16-11-9-15(10-12-16)19(25)21-13-18(23)24/h3-5,7-12,17H,2,6,13H2,1H3,(H,21,25)(H,22,26)(H,23,24). The second-order valence-corrected chi connectivity index (χ2v) is 5.89. The molecule has 6 nitrogen and oxygen atoms in total. The number of carbonyl (C=O) groups excluding carboxylic acids is 2. The van der Waals surface area contributed by atoms with Crippen LogP contribution in [0, 0.1) is 0 Å². The Hall–Kier alpha value is -3.15. The first-order chi connectivity index (χ1) is 12.5. The molecule has 0 aliphatic rings. The van der Waals surface area contributed by atoms with Crippen LogP contribution in [0.4, 0.5) is 5.69 Å². The summed E-state index contributed by atoms with van der Waals surface area (Å²) in [5.41, 5.74) is 1.88. The van der Waals surface area contributed by atoms with Crippen LogP contribution < -0.4 is 10.6 Å². The zero-order valence-corrected chi connectivity index (χ0v) is 14.6. The van der Waals surface area contributed by atoms with Gasteiger partial charge in [-0.2, -0.15) is 0 Å². The molecular formula is C20H22N2O4. The monoisotopic (exact) mass is 354 g/mol. The van der Waals surface area contributed by atoms with E-state index in [-0.39, 0.29) is 11.8 Å². The summed E-state index contributed by atoms with van der Waals surface area (Å²) < 4.78 is 0. The number of carbonyl (C=O) groups is 3. The zero-order chi connectivity index (χ0) is 18.9. The molecule has 136 valence electrons. The summed E-state index contributed by atoms with van der Waals surface area (Å²) in [6.07, 6.45) is 1.63. The van der Waals surface area contributed by atoms with E-state index in [1.807, 2.05) is 37.3 Å². The summed E-state index contributed by atoms with van der Waals surface area (Å²) in [5, 5.41) is 13.7. The van der Waals surface area contributed by atoms with Crippen LogP contribution in [0.3, 0.4) is 0 Å². The second-order valence-electron chi connectivity index (χ2n) is 5.89. The minimum Gasteiger partial charge on any atom is -0.480 e. The Bertz CT molecular complexity index is 757. The smallest absolute Gasteiger partial charge is 0.322 e. The van der Waals surface area contributed by atoms with Gasteiger partial charge in [0.2, 0.25) is 5.91 Å². The van der Waals surface area contributed by atoms with Crippen LogP contribution in [-0.2, 0) is 9.59 Å².